The van der Waals surface area contributed by atoms with Gasteiger partial charge in [0.1, 0.15) is 0 Å². The van der Waals surface area contributed by atoms with Crippen LogP contribution in [0.15, 0.2) is 18.2 Å². The van der Waals surface area contributed by atoms with Crippen LogP contribution >= 0.6 is 11.6 Å². The average Bonchev–Trinajstić information content (AvgIpc) is 2.49. The first kappa shape index (κ1) is 17.5. The lowest BCUT2D eigenvalue weighted by atomic mass is 10.1. The van der Waals surface area contributed by atoms with Gasteiger partial charge in [-0.25, -0.2) is 14.2 Å². The summed E-state index contributed by atoms with van der Waals surface area (Å²) in [5.41, 5.74) is -1.17. The van der Waals surface area contributed by atoms with Gasteiger partial charge in [-0.2, -0.15) is 0 Å². The number of rotatable bonds is 4. The summed E-state index contributed by atoms with van der Waals surface area (Å²) >= 11 is 5.82. The van der Waals surface area contributed by atoms with E-state index in [1.165, 1.54) is 26.2 Å². The highest BCUT2D eigenvalue weighted by atomic mass is 35.5. The Morgan fingerprint density at radius 1 is 1.38 bits per heavy atom. The van der Waals surface area contributed by atoms with Crippen molar-refractivity contribution in [2.45, 2.75) is 6.92 Å². The average molecular weight is 355 g/mol. The largest absolute Gasteiger partial charge is 0.504 e. The number of hydrogen-bond donors (Lipinski definition) is 3. The summed E-state index contributed by atoms with van der Waals surface area (Å²) in [5, 5.41) is 21.3. The van der Waals surface area contributed by atoms with Gasteiger partial charge in [-0.1, -0.05) is 11.6 Å². The van der Waals surface area contributed by atoms with Crippen molar-refractivity contribution in [2.24, 2.45) is 0 Å². The number of pyridine rings is 1. The second kappa shape index (κ2) is 6.71. The Morgan fingerprint density at radius 3 is 2.58 bits per heavy atom. The van der Waals surface area contributed by atoms with Crippen molar-refractivity contribution in [3.05, 3.63) is 34.7 Å². The molecule has 1 aromatic carbocycles. The number of ether oxygens (including phenoxy) is 1. The number of nitrogens with zero attached hydrogens (tertiary/aromatic N) is 1. The fourth-order valence-corrected chi connectivity index (χ4v) is 2.25. The van der Waals surface area contributed by atoms with Crippen molar-refractivity contribution in [1.82, 2.24) is 4.98 Å². The van der Waals surface area contributed by atoms with Crippen LogP contribution in [0.2, 0.25) is 5.02 Å². The van der Waals surface area contributed by atoms with Crippen LogP contribution in [0.4, 0.5) is 10.1 Å². The van der Waals surface area contributed by atoms with Crippen molar-refractivity contribution in [3.63, 3.8) is 0 Å². The van der Waals surface area contributed by atoms with Gasteiger partial charge >= 0.3 is 5.97 Å². The van der Waals surface area contributed by atoms with E-state index in [1.807, 2.05) is 0 Å². The molecule has 0 bridgehead atoms. The smallest absolute Gasteiger partial charge is 0.358 e. The van der Waals surface area contributed by atoms with E-state index in [4.69, 9.17) is 21.4 Å². The molecule has 1 heterocycles. The zero-order valence-corrected chi connectivity index (χ0v) is 13.3. The third-order valence-electron chi connectivity index (χ3n) is 3.04. The van der Waals surface area contributed by atoms with Crippen LogP contribution in [-0.2, 0) is 4.79 Å². The Bertz CT molecular complexity index is 841. The highest BCUT2D eigenvalue weighted by molar-refractivity contribution is 6.32. The van der Waals surface area contributed by atoms with Crippen molar-refractivity contribution < 1.29 is 28.9 Å². The number of hydrogen-bond acceptors (Lipinski definition) is 5. The molecule has 3 N–H and O–H groups in total. The van der Waals surface area contributed by atoms with Gasteiger partial charge in [-0.3, -0.25) is 4.79 Å². The molecule has 0 spiro atoms. The topological polar surface area (TPSA) is 109 Å². The number of aromatic hydroxyl groups is 1. The van der Waals surface area contributed by atoms with Gasteiger partial charge in [-0.05, 0) is 18.2 Å². The van der Waals surface area contributed by atoms with Gasteiger partial charge in [0.15, 0.2) is 23.0 Å². The number of anilines is 1. The molecule has 126 valence electrons. The maximum Gasteiger partial charge on any atom is 0.358 e. The van der Waals surface area contributed by atoms with Gasteiger partial charge < -0.3 is 20.3 Å². The first-order valence-corrected chi connectivity index (χ1v) is 6.91. The number of nitrogens with one attached hydrogen (secondary N) is 1. The SMILES string of the molecule is COc1c(Cl)ccc(-c2cc(NC(C)=O)c(O)c(C(=O)O)n2)c1F. The second-order valence-electron chi connectivity index (χ2n) is 4.68. The summed E-state index contributed by atoms with van der Waals surface area (Å²) in [6.07, 6.45) is 0. The minimum Gasteiger partial charge on any atom is -0.504 e. The minimum atomic E-state index is -1.54. The third kappa shape index (κ3) is 3.23. The van der Waals surface area contributed by atoms with Gasteiger partial charge in [0.2, 0.25) is 5.91 Å². The van der Waals surface area contributed by atoms with E-state index in [2.05, 4.69) is 10.3 Å². The van der Waals surface area contributed by atoms with Crippen molar-refractivity contribution in [2.75, 3.05) is 12.4 Å². The molecular weight excluding hydrogens is 343 g/mol. The van der Waals surface area contributed by atoms with E-state index in [0.29, 0.717) is 0 Å². The standard InChI is InChI=1S/C15H12ClFN2O5/c1-6(20)18-10-5-9(19-12(13(10)21)15(22)23)7-3-4-8(16)14(24-2)11(7)17/h3-5,21H,1-2H3,(H,22,23)(H,18,19,20). The first-order valence-electron chi connectivity index (χ1n) is 6.53. The number of carbonyl (C=O) groups is 2. The van der Waals surface area contributed by atoms with E-state index >= 15 is 0 Å². The van der Waals surface area contributed by atoms with E-state index in [1.54, 1.807) is 0 Å². The molecule has 0 unspecified atom stereocenters. The summed E-state index contributed by atoms with van der Waals surface area (Å²) in [6, 6.07) is 3.78. The zero-order valence-electron chi connectivity index (χ0n) is 12.6. The molecule has 0 atom stereocenters. The molecule has 2 rings (SSSR count). The number of aromatic nitrogens is 1. The molecule has 0 aliphatic heterocycles. The van der Waals surface area contributed by atoms with Gasteiger partial charge in [0.05, 0.1) is 23.5 Å². The summed E-state index contributed by atoms with van der Waals surface area (Å²) in [5.74, 6) is -3.91. The molecule has 0 saturated heterocycles. The molecular formula is C15H12ClFN2O5. The number of amides is 1. The Kier molecular flexibility index (Phi) is 4.89. The molecule has 0 radical (unpaired) electrons. The van der Waals surface area contributed by atoms with Crippen LogP contribution in [0.25, 0.3) is 11.3 Å². The predicted octanol–water partition coefficient (Wildman–Crippen LogP) is 2.91. The number of carboxylic acids is 1. The Balaban J connectivity index is 2.73. The fourth-order valence-electron chi connectivity index (χ4n) is 2.03. The third-order valence-corrected chi connectivity index (χ3v) is 3.33. The number of carbonyl (C=O) groups excluding carboxylic acids is 1. The van der Waals surface area contributed by atoms with Crippen molar-refractivity contribution >= 4 is 29.2 Å². The molecule has 2 aromatic rings. The molecule has 0 saturated carbocycles. The Labute approximate surface area is 140 Å². The number of aromatic carboxylic acids is 1. The van der Waals surface area contributed by atoms with E-state index < -0.39 is 29.1 Å². The summed E-state index contributed by atoms with van der Waals surface area (Å²) < 4.78 is 19.4. The first-order chi connectivity index (χ1) is 11.3. The fraction of sp³-hybridized carbons (Fsp3) is 0.133. The summed E-state index contributed by atoms with van der Waals surface area (Å²) in [4.78, 5) is 26.2. The summed E-state index contributed by atoms with van der Waals surface area (Å²) in [7, 11) is 1.23. The molecule has 9 heteroatoms. The van der Waals surface area contributed by atoms with Crippen LogP contribution in [0.3, 0.4) is 0 Å². The van der Waals surface area contributed by atoms with E-state index in [9.17, 15) is 19.1 Å². The van der Waals surface area contributed by atoms with Gasteiger partial charge in [-0.15, -0.1) is 0 Å². The quantitative estimate of drug-likeness (QED) is 0.779. The predicted molar refractivity (Wildman–Crippen MR) is 84.1 cm³/mol. The molecule has 0 aliphatic rings. The lowest BCUT2D eigenvalue weighted by Gasteiger charge is -2.13. The van der Waals surface area contributed by atoms with E-state index in [-0.39, 0.29) is 27.7 Å². The number of halogens is 2. The van der Waals surface area contributed by atoms with Crippen molar-refractivity contribution in [3.8, 4) is 22.8 Å². The molecule has 1 amide bonds. The van der Waals surface area contributed by atoms with Crippen molar-refractivity contribution in [1.29, 1.82) is 0 Å². The maximum atomic E-state index is 14.5. The number of benzene rings is 1. The maximum absolute atomic E-state index is 14.5. The minimum absolute atomic E-state index is 0.0260. The van der Waals surface area contributed by atoms with Crippen LogP contribution < -0.4 is 10.1 Å². The zero-order chi connectivity index (χ0) is 18.0. The summed E-state index contributed by atoms with van der Waals surface area (Å²) in [6.45, 7) is 1.17. The molecule has 24 heavy (non-hydrogen) atoms. The molecule has 0 aliphatic carbocycles. The van der Waals surface area contributed by atoms with Crippen LogP contribution in [0, 0.1) is 5.82 Å². The highest BCUT2D eigenvalue weighted by Gasteiger charge is 2.22. The monoisotopic (exact) mass is 354 g/mol. The Morgan fingerprint density at radius 2 is 2.04 bits per heavy atom. The number of carboxylic acid groups (broad SMARTS) is 1. The lowest BCUT2D eigenvalue weighted by molar-refractivity contribution is -0.114. The van der Waals surface area contributed by atoms with E-state index in [0.717, 1.165) is 6.07 Å². The van der Waals surface area contributed by atoms with Gasteiger partial charge in [0.25, 0.3) is 0 Å². The Hall–Kier alpha value is -2.87. The normalized spacial score (nSPS) is 10.3. The van der Waals surface area contributed by atoms with Crippen LogP contribution in [-0.4, -0.2) is 34.2 Å². The molecule has 7 nitrogen and oxygen atoms in total. The lowest BCUT2D eigenvalue weighted by Crippen LogP contribution is -2.10. The van der Waals surface area contributed by atoms with Crippen LogP contribution in [0.5, 0.6) is 11.5 Å². The molecule has 1 aromatic heterocycles. The molecule has 0 fully saturated rings. The number of methoxy groups -OCH3 is 1. The van der Waals surface area contributed by atoms with Crippen LogP contribution in [0.1, 0.15) is 17.4 Å². The second-order valence-corrected chi connectivity index (χ2v) is 5.09. The van der Waals surface area contributed by atoms with Gasteiger partial charge in [0, 0.05) is 12.5 Å². The highest BCUT2D eigenvalue weighted by Crippen LogP contribution is 2.37.